The second kappa shape index (κ2) is 6.09. The number of furan rings is 1. The molecule has 0 bridgehead atoms. The van der Waals surface area contributed by atoms with Crippen molar-refractivity contribution >= 4 is 28.3 Å². The van der Waals surface area contributed by atoms with E-state index in [0.717, 1.165) is 11.3 Å². The summed E-state index contributed by atoms with van der Waals surface area (Å²) in [6, 6.07) is 1.66. The maximum absolute atomic E-state index is 12.1. The van der Waals surface area contributed by atoms with E-state index in [9.17, 15) is 9.59 Å². The fourth-order valence-corrected chi connectivity index (χ4v) is 2.71. The summed E-state index contributed by atoms with van der Waals surface area (Å²) in [5, 5.41) is 3.03. The number of carbonyl (C=O) groups excluding carboxylic acids is 2. The molecule has 2 aromatic rings. The number of hydrogen-bond acceptors (Lipinski definition) is 6. The van der Waals surface area contributed by atoms with E-state index in [1.165, 1.54) is 0 Å². The smallest absolute Gasteiger partial charge is 0.350 e. The summed E-state index contributed by atoms with van der Waals surface area (Å²) in [6.07, 6.45) is 0. The van der Waals surface area contributed by atoms with Crippen LogP contribution >= 0.6 is 11.3 Å². The molecule has 0 aliphatic carbocycles. The van der Waals surface area contributed by atoms with E-state index in [-0.39, 0.29) is 5.91 Å². The third-order valence-corrected chi connectivity index (χ3v) is 3.82. The molecule has 0 saturated heterocycles. The van der Waals surface area contributed by atoms with Crippen LogP contribution in [-0.4, -0.2) is 23.5 Å². The molecule has 21 heavy (non-hydrogen) atoms. The number of esters is 1. The molecule has 0 unspecified atom stereocenters. The molecule has 0 atom stereocenters. The van der Waals surface area contributed by atoms with Gasteiger partial charge in [-0.2, -0.15) is 0 Å². The number of ether oxygens (including phenoxy) is 1. The van der Waals surface area contributed by atoms with Gasteiger partial charge in [0.25, 0.3) is 5.91 Å². The number of anilines is 1. The van der Waals surface area contributed by atoms with Gasteiger partial charge >= 0.3 is 5.97 Å². The Balaban J connectivity index is 2.17. The van der Waals surface area contributed by atoms with Gasteiger partial charge in [0, 0.05) is 0 Å². The lowest BCUT2D eigenvalue weighted by molar-refractivity contribution is 0.0531. The Hall–Kier alpha value is -2.15. The first kappa shape index (κ1) is 15.2. The van der Waals surface area contributed by atoms with Crippen molar-refractivity contribution in [2.45, 2.75) is 27.7 Å². The zero-order chi connectivity index (χ0) is 15.6. The molecule has 0 spiro atoms. The van der Waals surface area contributed by atoms with Crippen LogP contribution in [0.1, 0.15) is 44.2 Å². The van der Waals surface area contributed by atoms with E-state index in [4.69, 9.17) is 9.15 Å². The molecule has 0 aliphatic rings. The van der Waals surface area contributed by atoms with Crippen molar-refractivity contribution in [3.63, 3.8) is 0 Å². The van der Waals surface area contributed by atoms with Gasteiger partial charge in [-0.1, -0.05) is 11.3 Å². The number of aromatic nitrogens is 1. The van der Waals surface area contributed by atoms with Gasteiger partial charge in [-0.3, -0.25) is 10.1 Å². The molecule has 1 amide bonds. The average molecular weight is 308 g/mol. The van der Waals surface area contributed by atoms with Crippen molar-refractivity contribution < 1.29 is 18.7 Å². The zero-order valence-electron chi connectivity index (χ0n) is 12.3. The van der Waals surface area contributed by atoms with Gasteiger partial charge in [-0.15, -0.1) is 0 Å². The first-order valence-electron chi connectivity index (χ1n) is 6.45. The van der Waals surface area contributed by atoms with Gasteiger partial charge in [0.05, 0.1) is 17.9 Å². The number of aryl methyl sites for hydroxylation is 3. The topological polar surface area (TPSA) is 81.4 Å². The minimum atomic E-state index is -0.427. The molecule has 6 nitrogen and oxygen atoms in total. The zero-order valence-corrected chi connectivity index (χ0v) is 13.1. The Labute approximate surface area is 126 Å². The predicted molar refractivity (Wildman–Crippen MR) is 78.9 cm³/mol. The molecule has 112 valence electrons. The predicted octanol–water partition coefficient (Wildman–Crippen LogP) is 3.09. The van der Waals surface area contributed by atoms with Crippen molar-refractivity contribution in [1.82, 2.24) is 4.98 Å². The van der Waals surface area contributed by atoms with Gasteiger partial charge in [0.2, 0.25) is 0 Å². The number of amides is 1. The second-order valence-electron chi connectivity index (χ2n) is 4.44. The van der Waals surface area contributed by atoms with Crippen LogP contribution in [0.5, 0.6) is 0 Å². The van der Waals surface area contributed by atoms with Crippen LogP contribution in [0.3, 0.4) is 0 Å². The van der Waals surface area contributed by atoms with Crippen LogP contribution < -0.4 is 5.32 Å². The van der Waals surface area contributed by atoms with Gasteiger partial charge in [-0.25, -0.2) is 9.78 Å². The Morgan fingerprint density at radius 1 is 1.38 bits per heavy atom. The van der Waals surface area contributed by atoms with E-state index >= 15 is 0 Å². The van der Waals surface area contributed by atoms with Crippen LogP contribution in [0.2, 0.25) is 0 Å². The molecule has 0 radical (unpaired) electrons. The standard InChI is InChI=1S/C14H16N2O4S/c1-5-19-13(18)11-8(3)15-14(21-11)16-12(17)10-6-7(2)20-9(10)4/h6H,5H2,1-4H3,(H,15,16,17). The number of rotatable bonds is 4. The molecular weight excluding hydrogens is 292 g/mol. The SMILES string of the molecule is CCOC(=O)c1sc(NC(=O)c2cc(C)oc2C)nc1C. The highest BCUT2D eigenvalue weighted by molar-refractivity contribution is 7.17. The maximum atomic E-state index is 12.1. The molecule has 0 aromatic carbocycles. The molecule has 0 aliphatic heterocycles. The minimum Gasteiger partial charge on any atom is -0.466 e. The Morgan fingerprint density at radius 2 is 2.10 bits per heavy atom. The molecule has 1 N–H and O–H groups in total. The van der Waals surface area contributed by atoms with E-state index in [0.29, 0.717) is 39.4 Å². The fourth-order valence-electron chi connectivity index (χ4n) is 1.86. The lowest BCUT2D eigenvalue weighted by Crippen LogP contribution is -2.11. The lowest BCUT2D eigenvalue weighted by atomic mass is 10.2. The van der Waals surface area contributed by atoms with Crippen molar-refractivity contribution in [1.29, 1.82) is 0 Å². The summed E-state index contributed by atoms with van der Waals surface area (Å²) < 4.78 is 10.3. The van der Waals surface area contributed by atoms with Gasteiger partial charge < -0.3 is 9.15 Å². The maximum Gasteiger partial charge on any atom is 0.350 e. The lowest BCUT2D eigenvalue weighted by Gasteiger charge is -1.99. The summed E-state index contributed by atoms with van der Waals surface area (Å²) in [5.41, 5.74) is 0.992. The molecular formula is C14H16N2O4S. The van der Waals surface area contributed by atoms with Crippen LogP contribution in [0.15, 0.2) is 10.5 Å². The quantitative estimate of drug-likeness (QED) is 0.878. The highest BCUT2D eigenvalue weighted by atomic mass is 32.1. The summed E-state index contributed by atoms with van der Waals surface area (Å²) in [4.78, 5) is 28.4. The Morgan fingerprint density at radius 3 is 2.67 bits per heavy atom. The number of hydrogen-bond donors (Lipinski definition) is 1. The van der Waals surface area contributed by atoms with Gasteiger partial charge in [0.15, 0.2) is 5.13 Å². The van der Waals surface area contributed by atoms with Gasteiger partial charge in [-0.05, 0) is 33.8 Å². The van der Waals surface area contributed by atoms with Crippen molar-refractivity contribution in [3.05, 3.63) is 33.7 Å². The van der Waals surface area contributed by atoms with Crippen LogP contribution in [0, 0.1) is 20.8 Å². The fraction of sp³-hybridized carbons (Fsp3) is 0.357. The molecule has 2 rings (SSSR count). The van der Waals surface area contributed by atoms with Crippen molar-refractivity contribution in [2.75, 3.05) is 11.9 Å². The summed E-state index contributed by atoms with van der Waals surface area (Å²) in [6.45, 7) is 7.23. The Bertz CT molecular complexity index is 687. The van der Waals surface area contributed by atoms with E-state index in [1.54, 1.807) is 33.8 Å². The minimum absolute atomic E-state index is 0.297. The van der Waals surface area contributed by atoms with Crippen LogP contribution in [0.25, 0.3) is 0 Å². The van der Waals surface area contributed by atoms with Crippen LogP contribution in [0.4, 0.5) is 5.13 Å². The van der Waals surface area contributed by atoms with E-state index in [2.05, 4.69) is 10.3 Å². The second-order valence-corrected chi connectivity index (χ2v) is 5.43. The largest absolute Gasteiger partial charge is 0.466 e. The number of nitrogens with one attached hydrogen (secondary N) is 1. The number of nitrogens with zero attached hydrogens (tertiary/aromatic N) is 1. The van der Waals surface area contributed by atoms with Crippen molar-refractivity contribution in [2.24, 2.45) is 0 Å². The Kier molecular flexibility index (Phi) is 4.42. The first-order chi connectivity index (χ1) is 9.92. The number of thiazole rings is 1. The molecule has 0 fully saturated rings. The summed E-state index contributed by atoms with van der Waals surface area (Å²) in [5.74, 6) is 0.473. The molecule has 0 saturated carbocycles. The first-order valence-corrected chi connectivity index (χ1v) is 7.27. The third kappa shape index (κ3) is 3.30. The highest BCUT2D eigenvalue weighted by Crippen LogP contribution is 2.24. The third-order valence-electron chi connectivity index (χ3n) is 2.76. The highest BCUT2D eigenvalue weighted by Gasteiger charge is 2.19. The molecule has 7 heteroatoms. The average Bonchev–Trinajstić information content (AvgIpc) is 2.92. The van der Waals surface area contributed by atoms with Crippen LogP contribution in [-0.2, 0) is 4.74 Å². The summed E-state index contributed by atoms with van der Waals surface area (Å²) in [7, 11) is 0. The van der Waals surface area contributed by atoms with Gasteiger partial charge in [0.1, 0.15) is 16.4 Å². The normalized spacial score (nSPS) is 10.5. The van der Waals surface area contributed by atoms with Crippen molar-refractivity contribution in [3.8, 4) is 0 Å². The summed E-state index contributed by atoms with van der Waals surface area (Å²) >= 11 is 1.10. The number of carbonyl (C=O) groups is 2. The molecule has 2 aromatic heterocycles. The van der Waals surface area contributed by atoms with E-state index < -0.39 is 5.97 Å². The molecule has 2 heterocycles. The van der Waals surface area contributed by atoms with E-state index in [1.807, 2.05) is 0 Å². The monoisotopic (exact) mass is 308 g/mol.